The smallest absolute Gasteiger partial charge is 0.328 e. The van der Waals surface area contributed by atoms with Crippen molar-refractivity contribution >= 4 is 35.3 Å². The molecule has 2 heterocycles. The molecule has 3 amide bonds. The second-order valence-corrected chi connectivity index (χ2v) is 5.38. The van der Waals surface area contributed by atoms with Crippen molar-refractivity contribution in [1.29, 1.82) is 0 Å². The summed E-state index contributed by atoms with van der Waals surface area (Å²) in [5.74, 6) is 0.216. The number of imide groups is 1. The lowest BCUT2D eigenvalue weighted by atomic mass is 10.1. The van der Waals surface area contributed by atoms with Gasteiger partial charge in [-0.15, -0.1) is 0 Å². The molecule has 1 saturated heterocycles. The predicted octanol–water partition coefficient (Wildman–Crippen LogP) is 3.03. The van der Waals surface area contributed by atoms with E-state index in [1.165, 1.54) is 25.3 Å². The molecule has 1 aliphatic rings. The molecule has 0 radical (unpaired) electrons. The minimum atomic E-state index is -0.583. The number of nitrogens with zero attached hydrogens (tertiary/aromatic N) is 2. The number of carbonyl (C=O) groups excluding carboxylic acids is 2. The summed E-state index contributed by atoms with van der Waals surface area (Å²) in [6, 6.07) is 6.96. The maximum Gasteiger partial charge on any atom is 0.328 e. The molecule has 0 unspecified atom stereocenters. The van der Waals surface area contributed by atoms with Gasteiger partial charge in [0.05, 0.1) is 4.92 Å². The van der Waals surface area contributed by atoms with Gasteiger partial charge in [-0.2, -0.15) is 0 Å². The van der Waals surface area contributed by atoms with Crippen molar-refractivity contribution < 1.29 is 18.9 Å². The van der Waals surface area contributed by atoms with Crippen LogP contribution in [-0.4, -0.2) is 28.8 Å². The Bertz CT molecular complexity index is 902. The molecular formula is C15H10ClN3O5. The van der Waals surface area contributed by atoms with Gasteiger partial charge in [-0.05, 0) is 24.3 Å². The van der Waals surface area contributed by atoms with Crippen LogP contribution in [0.2, 0.25) is 5.02 Å². The van der Waals surface area contributed by atoms with E-state index >= 15 is 0 Å². The maximum absolute atomic E-state index is 11.8. The number of likely N-dealkylation sites (N-methyl/N-ethyl adjacent to an activating group) is 1. The molecule has 0 spiro atoms. The van der Waals surface area contributed by atoms with Gasteiger partial charge in [0, 0.05) is 24.8 Å². The van der Waals surface area contributed by atoms with Crippen LogP contribution in [0.5, 0.6) is 0 Å². The molecule has 0 saturated carbocycles. The van der Waals surface area contributed by atoms with Gasteiger partial charge >= 0.3 is 6.03 Å². The molecular weight excluding hydrogens is 338 g/mol. The lowest BCUT2D eigenvalue weighted by Gasteiger charge is -2.00. The zero-order valence-corrected chi connectivity index (χ0v) is 13.0. The van der Waals surface area contributed by atoms with E-state index in [-0.39, 0.29) is 16.4 Å². The summed E-state index contributed by atoms with van der Waals surface area (Å²) in [6.45, 7) is 0. The summed E-state index contributed by atoms with van der Waals surface area (Å²) >= 11 is 5.78. The van der Waals surface area contributed by atoms with Gasteiger partial charge in [-0.25, -0.2) is 4.79 Å². The van der Waals surface area contributed by atoms with Gasteiger partial charge in [-0.1, -0.05) is 11.6 Å². The lowest BCUT2D eigenvalue weighted by molar-refractivity contribution is -0.384. The number of halogens is 1. The van der Waals surface area contributed by atoms with Gasteiger partial charge < -0.3 is 9.73 Å². The highest BCUT2D eigenvalue weighted by Crippen LogP contribution is 2.31. The molecule has 122 valence electrons. The Balaban J connectivity index is 1.92. The quantitative estimate of drug-likeness (QED) is 0.397. The van der Waals surface area contributed by atoms with Crippen LogP contribution in [0, 0.1) is 10.1 Å². The SMILES string of the molecule is CN1C(=O)N/C(=C\c2ccc(-c3ccc(Cl)c([N+](=O)[O-])c3)o2)C1=O. The minimum Gasteiger partial charge on any atom is -0.457 e. The van der Waals surface area contributed by atoms with Gasteiger partial charge in [0.2, 0.25) is 0 Å². The van der Waals surface area contributed by atoms with Crippen molar-refractivity contribution in [3.63, 3.8) is 0 Å². The van der Waals surface area contributed by atoms with E-state index < -0.39 is 16.9 Å². The lowest BCUT2D eigenvalue weighted by Crippen LogP contribution is -2.25. The number of hydrogen-bond acceptors (Lipinski definition) is 5. The minimum absolute atomic E-state index is 0.0277. The number of nitro groups is 1. The molecule has 24 heavy (non-hydrogen) atoms. The van der Waals surface area contributed by atoms with Crippen molar-refractivity contribution in [3.8, 4) is 11.3 Å². The maximum atomic E-state index is 11.8. The van der Waals surface area contributed by atoms with Gasteiger partial charge in [-0.3, -0.25) is 19.8 Å². The first-order chi connectivity index (χ1) is 11.4. The normalized spacial score (nSPS) is 15.9. The third kappa shape index (κ3) is 2.74. The summed E-state index contributed by atoms with van der Waals surface area (Å²) in [5.41, 5.74) is 0.325. The van der Waals surface area contributed by atoms with Crippen molar-refractivity contribution in [2.24, 2.45) is 0 Å². The third-order valence-electron chi connectivity index (χ3n) is 3.42. The fraction of sp³-hybridized carbons (Fsp3) is 0.0667. The number of amides is 3. The molecule has 2 aromatic rings. The van der Waals surface area contributed by atoms with E-state index in [2.05, 4.69) is 5.32 Å². The second kappa shape index (κ2) is 5.82. The topological polar surface area (TPSA) is 106 Å². The van der Waals surface area contributed by atoms with Crippen molar-refractivity contribution in [2.75, 3.05) is 7.05 Å². The number of furan rings is 1. The average Bonchev–Trinajstić information content (AvgIpc) is 3.09. The van der Waals surface area contributed by atoms with Crippen LogP contribution in [0.15, 0.2) is 40.4 Å². The van der Waals surface area contributed by atoms with E-state index in [0.29, 0.717) is 17.1 Å². The monoisotopic (exact) mass is 347 g/mol. The van der Waals surface area contributed by atoms with Crippen molar-refractivity contribution in [1.82, 2.24) is 10.2 Å². The molecule has 9 heteroatoms. The van der Waals surface area contributed by atoms with Crippen LogP contribution in [0.4, 0.5) is 10.5 Å². The molecule has 1 fully saturated rings. The first-order valence-electron chi connectivity index (χ1n) is 6.71. The number of hydrogen-bond donors (Lipinski definition) is 1. The predicted molar refractivity (Wildman–Crippen MR) is 85.1 cm³/mol. The first-order valence-corrected chi connectivity index (χ1v) is 7.09. The number of urea groups is 1. The Hall–Kier alpha value is -3.13. The van der Waals surface area contributed by atoms with Crippen LogP contribution in [0.1, 0.15) is 5.76 Å². The Morgan fingerprint density at radius 3 is 2.67 bits per heavy atom. The fourth-order valence-electron chi connectivity index (χ4n) is 2.16. The van der Waals surface area contributed by atoms with Gasteiger partial charge in [0.1, 0.15) is 22.2 Å². The summed E-state index contributed by atoms with van der Waals surface area (Å²) in [5, 5.41) is 13.4. The molecule has 0 atom stereocenters. The Morgan fingerprint density at radius 2 is 2.04 bits per heavy atom. The second-order valence-electron chi connectivity index (χ2n) is 4.98. The summed E-state index contributed by atoms with van der Waals surface area (Å²) < 4.78 is 5.56. The highest BCUT2D eigenvalue weighted by molar-refractivity contribution is 6.32. The Kier molecular flexibility index (Phi) is 3.82. The zero-order valence-electron chi connectivity index (χ0n) is 12.3. The molecule has 8 nitrogen and oxygen atoms in total. The van der Waals surface area contributed by atoms with Crippen LogP contribution in [0.3, 0.4) is 0 Å². The third-order valence-corrected chi connectivity index (χ3v) is 3.74. The molecule has 0 bridgehead atoms. The number of nitro benzene ring substituents is 1. The largest absolute Gasteiger partial charge is 0.457 e. The zero-order chi connectivity index (χ0) is 17.4. The van der Waals surface area contributed by atoms with E-state index in [0.717, 1.165) is 4.90 Å². The van der Waals surface area contributed by atoms with E-state index in [4.69, 9.17) is 16.0 Å². The molecule has 0 aliphatic carbocycles. The van der Waals surface area contributed by atoms with E-state index in [1.807, 2.05) is 0 Å². The van der Waals surface area contributed by atoms with Crippen LogP contribution in [-0.2, 0) is 4.79 Å². The molecule has 1 aliphatic heterocycles. The number of nitrogens with one attached hydrogen (secondary N) is 1. The van der Waals surface area contributed by atoms with Crippen molar-refractivity contribution in [3.05, 3.63) is 56.9 Å². The first kappa shape index (κ1) is 15.8. The highest BCUT2D eigenvalue weighted by atomic mass is 35.5. The molecule has 3 rings (SSSR count). The van der Waals surface area contributed by atoms with Crippen LogP contribution in [0.25, 0.3) is 17.4 Å². The number of benzene rings is 1. The standard InChI is InChI=1S/C15H10ClN3O5/c1-18-14(20)11(17-15(18)21)7-9-3-5-13(24-9)8-2-4-10(16)12(6-8)19(22)23/h2-7H,1H3,(H,17,21)/b11-7-. The van der Waals surface area contributed by atoms with Crippen LogP contribution < -0.4 is 5.32 Å². The summed E-state index contributed by atoms with van der Waals surface area (Å²) in [4.78, 5) is 34.5. The van der Waals surface area contributed by atoms with Crippen LogP contribution >= 0.6 is 11.6 Å². The van der Waals surface area contributed by atoms with Gasteiger partial charge in [0.15, 0.2) is 0 Å². The molecule has 1 aromatic heterocycles. The molecule has 1 aromatic carbocycles. The number of rotatable bonds is 3. The highest BCUT2D eigenvalue weighted by Gasteiger charge is 2.30. The van der Waals surface area contributed by atoms with Gasteiger partial charge in [0.25, 0.3) is 11.6 Å². The van der Waals surface area contributed by atoms with E-state index in [9.17, 15) is 19.7 Å². The van der Waals surface area contributed by atoms with E-state index in [1.54, 1.807) is 18.2 Å². The van der Waals surface area contributed by atoms with Crippen molar-refractivity contribution in [2.45, 2.75) is 0 Å². The molecule has 1 N–H and O–H groups in total. The Labute approximate surface area is 140 Å². The Morgan fingerprint density at radius 1 is 1.29 bits per heavy atom. The average molecular weight is 348 g/mol. The number of carbonyl (C=O) groups is 2. The summed E-state index contributed by atoms with van der Waals surface area (Å²) in [6.07, 6.45) is 1.39. The summed E-state index contributed by atoms with van der Waals surface area (Å²) in [7, 11) is 1.36. The fourth-order valence-corrected chi connectivity index (χ4v) is 2.34.